The van der Waals surface area contributed by atoms with Crippen molar-refractivity contribution in [2.75, 3.05) is 32.2 Å². The number of benzene rings is 2. The molecular formula is C23H24N4O6S. The van der Waals surface area contributed by atoms with Crippen LogP contribution in [0.4, 0.5) is 5.69 Å². The van der Waals surface area contributed by atoms with E-state index < -0.39 is 22.5 Å². The predicted molar refractivity (Wildman–Crippen MR) is 127 cm³/mol. The number of carbonyl (C=O) groups excluding carboxylic acids is 1. The number of anilines is 1. The number of rotatable bonds is 10. The number of ether oxygens (including phenoxy) is 3. The van der Waals surface area contributed by atoms with E-state index in [0.717, 1.165) is 4.31 Å². The Bertz CT molecular complexity index is 1250. The van der Waals surface area contributed by atoms with Gasteiger partial charge in [-0.3, -0.25) is 14.1 Å². The van der Waals surface area contributed by atoms with Crippen LogP contribution in [0.15, 0.2) is 77.0 Å². The highest BCUT2D eigenvalue weighted by Gasteiger charge is 2.28. The van der Waals surface area contributed by atoms with Gasteiger partial charge in [0.15, 0.2) is 11.5 Å². The summed E-state index contributed by atoms with van der Waals surface area (Å²) in [5.41, 5.74) is 3.29. The van der Waals surface area contributed by atoms with E-state index in [1.54, 1.807) is 48.8 Å². The molecular weight excluding hydrogens is 460 g/mol. The minimum atomic E-state index is -4.17. The van der Waals surface area contributed by atoms with E-state index in [-0.39, 0.29) is 16.3 Å². The first-order valence-electron chi connectivity index (χ1n) is 9.99. The topological polar surface area (TPSA) is 119 Å². The zero-order chi connectivity index (χ0) is 24.6. The average molecular weight is 485 g/mol. The summed E-state index contributed by atoms with van der Waals surface area (Å²) in [5.74, 6) is 0.515. The van der Waals surface area contributed by atoms with Gasteiger partial charge in [-0.25, -0.2) is 13.8 Å². The number of pyridine rings is 1. The Kier molecular flexibility index (Phi) is 8.04. The molecule has 0 saturated heterocycles. The third kappa shape index (κ3) is 5.81. The van der Waals surface area contributed by atoms with Gasteiger partial charge in [-0.2, -0.15) is 5.10 Å². The highest BCUT2D eigenvalue weighted by molar-refractivity contribution is 7.92. The Morgan fingerprint density at radius 3 is 2.38 bits per heavy atom. The molecule has 34 heavy (non-hydrogen) atoms. The summed E-state index contributed by atoms with van der Waals surface area (Å²) in [5, 5.41) is 3.88. The summed E-state index contributed by atoms with van der Waals surface area (Å²) in [6.07, 6.45) is 4.59. The normalized spacial score (nSPS) is 11.1. The highest BCUT2D eigenvalue weighted by Crippen LogP contribution is 2.32. The maximum absolute atomic E-state index is 13.6. The lowest BCUT2D eigenvalue weighted by Gasteiger charge is -2.24. The van der Waals surface area contributed by atoms with Crippen molar-refractivity contribution in [2.45, 2.75) is 4.90 Å². The molecule has 0 unspecified atom stereocenters. The Labute approximate surface area is 197 Å². The number of sulfonamides is 1. The van der Waals surface area contributed by atoms with Crippen LogP contribution in [0.5, 0.6) is 17.2 Å². The summed E-state index contributed by atoms with van der Waals surface area (Å²) in [7, 11) is 0.188. The molecule has 0 spiro atoms. The second-order valence-corrected chi connectivity index (χ2v) is 8.67. The molecule has 1 amide bonds. The molecule has 11 heteroatoms. The number of hydrazone groups is 1. The third-order valence-corrected chi connectivity index (χ3v) is 6.45. The van der Waals surface area contributed by atoms with Gasteiger partial charge >= 0.3 is 0 Å². The molecule has 0 bridgehead atoms. The molecule has 3 rings (SSSR count). The van der Waals surface area contributed by atoms with Gasteiger partial charge in [0.25, 0.3) is 15.9 Å². The van der Waals surface area contributed by atoms with Crippen LogP contribution in [0.3, 0.4) is 0 Å². The fraction of sp³-hybridized carbons (Fsp3) is 0.174. The van der Waals surface area contributed by atoms with Crippen molar-refractivity contribution in [1.82, 2.24) is 10.4 Å². The molecule has 2 aromatic carbocycles. The molecule has 0 aliphatic carbocycles. The van der Waals surface area contributed by atoms with Crippen LogP contribution in [0.25, 0.3) is 0 Å². The molecule has 0 fully saturated rings. The van der Waals surface area contributed by atoms with Crippen LogP contribution in [-0.2, 0) is 14.8 Å². The largest absolute Gasteiger partial charge is 0.497 e. The number of nitrogens with one attached hydrogen (secondary N) is 1. The van der Waals surface area contributed by atoms with Crippen LogP contribution in [0, 0.1) is 0 Å². The second-order valence-electron chi connectivity index (χ2n) is 6.81. The number of amides is 1. The van der Waals surface area contributed by atoms with Crippen molar-refractivity contribution >= 4 is 27.8 Å². The fourth-order valence-electron chi connectivity index (χ4n) is 2.96. The molecule has 1 aromatic heterocycles. The van der Waals surface area contributed by atoms with Crippen molar-refractivity contribution in [1.29, 1.82) is 0 Å². The van der Waals surface area contributed by atoms with E-state index in [1.165, 1.54) is 45.7 Å². The lowest BCUT2D eigenvalue weighted by molar-refractivity contribution is -0.119. The maximum atomic E-state index is 13.6. The zero-order valence-corrected chi connectivity index (χ0v) is 19.7. The average Bonchev–Trinajstić information content (AvgIpc) is 2.87. The molecule has 3 aromatic rings. The second kappa shape index (κ2) is 11.1. The Morgan fingerprint density at radius 2 is 1.76 bits per heavy atom. The minimum absolute atomic E-state index is 0.0763. The molecule has 0 saturated carbocycles. The quantitative estimate of drug-likeness (QED) is 0.347. The van der Waals surface area contributed by atoms with Gasteiger partial charge in [0, 0.05) is 24.0 Å². The Balaban J connectivity index is 1.91. The van der Waals surface area contributed by atoms with Crippen LogP contribution in [0.2, 0.25) is 0 Å². The van der Waals surface area contributed by atoms with E-state index in [0.29, 0.717) is 17.1 Å². The number of methoxy groups -OCH3 is 3. The number of hydrogen-bond acceptors (Lipinski definition) is 8. The van der Waals surface area contributed by atoms with Gasteiger partial charge in [-0.05, 0) is 42.5 Å². The van der Waals surface area contributed by atoms with E-state index in [9.17, 15) is 13.2 Å². The molecule has 0 aliphatic heterocycles. The van der Waals surface area contributed by atoms with Crippen molar-refractivity contribution in [3.8, 4) is 17.2 Å². The molecule has 0 aliphatic rings. The minimum Gasteiger partial charge on any atom is -0.497 e. The first-order valence-corrected chi connectivity index (χ1v) is 11.4. The van der Waals surface area contributed by atoms with Gasteiger partial charge in [-0.1, -0.05) is 6.07 Å². The summed E-state index contributed by atoms with van der Waals surface area (Å²) in [4.78, 5) is 16.5. The van der Waals surface area contributed by atoms with E-state index >= 15 is 0 Å². The predicted octanol–water partition coefficient (Wildman–Crippen LogP) is 2.45. The lowest BCUT2D eigenvalue weighted by atomic mass is 10.3. The SMILES string of the molecule is COc1ccc(N(CC(=O)N/N=C\c2cccnc2)S(=O)(=O)c2ccc(OC)c(OC)c2)cc1. The van der Waals surface area contributed by atoms with Gasteiger partial charge in [-0.15, -0.1) is 0 Å². The van der Waals surface area contributed by atoms with Crippen LogP contribution in [-0.4, -0.2) is 53.4 Å². The third-order valence-electron chi connectivity index (χ3n) is 4.68. The standard InChI is InChI=1S/C23H24N4O6S/c1-31-19-8-6-18(7-9-19)27(16-23(28)26-25-15-17-5-4-12-24-14-17)34(29,30)20-10-11-21(32-2)22(13-20)33-3/h4-15H,16H2,1-3H3,(H,26,28)/b25-15-. The number of hydrogen-bond donors (Lipinski definition) is 1. The summed E-state index contributed by atoms with van der Waals surface area (Å²) >= 11 is 0. The van der Waals surface area contributed by atoms with Crippen LogP contribution >= 0.6 is 0 Å². The van der Waals surface area contributed by atoms with E-state index in [1.807, 2.05) is 0 Å². The summed E-state index contributed by atoms with van der Waals surface area (Å²) in [6, 6.07) is 14.0. The van der Waals surface area contributed by atoms with Crippen molar-refractivity contribution in [3.05, 3.63) is 72.6 Å². The molecule has 0 radical (unpaired) electrons. The van der Waals surface area contributed by atoms with Gasteiger partial charge in [0.1, 0.15) is 12.3 Å². The zero-order valence-electron chi connectivity index (χ0n) is 18.8. The van der Waals surface area contributed by atoms with Gasteiger partial charge in [0.2, 0.25) is 0 Å². The first kappa shape index (κ1) is 24.5. The van der Waals surface area contributed by atoms with Crippen LogP contribution in [0.1, 0.15) is 5.56 Å². The van der Waals surface area contributed by atoms with E-state index in [2.05, 4.69) is 15.5 Å². The van der Waals surface area contributed by atoms with E-state index in [4.69, 9.17) is 14.2 Å². The first-order chi connectivity index (χ1) is 16.4. The maximum Gasteiger partial charge on any atom is 0.264 e. The van der Waals surface area contributed by atoms with Crippen molar-refractivity contribution in [2.24, 2.45) is 5.10 Å². The molecule has 10 nitrogen and oxygen atoms in total. The number of carbonyl (C=O) groups is 1. The molecule has 1 N–H and O–H groups in total. The molecule has 178 valence electrons. The number of nitrogens with zero attached hydrogens (tertiary/aromatic N) is 3. The Morgan fingerprint density at radius 1 is 1.03 bits per heavy atom. The van der Waals surface area contributed by atoms with Gasteiger partial charge in [0.05, 0.1) is 38.1 Å². The smallest absolute Gasteiger partial charge is 0.264 e. The summed E-state index contributed by atoms with van der Waals surface area (Å²) in [6.45, 7) is -0.520. The number of aromatic nitrogens is 1. The molecule has 1 heterocycles. The summed E-state index contributed by atoms with van der Waals surface area (Å²) < 4.78 is 43.7. The van der Waals surface area contributed by atoms with Gasteiger partial charge < -0.3 is 14.2 Å². The van der Waals surface area contributed by atoms with Crippen molar-refractivity contribution in [3.63, 3.8) is 0 Å². The highest BCUT2D eigenvalue weighted by atomic mass is 32.2. The van der Waals surface area contributed by atoms with Crippen LogP contribution < -0.4 is 23.9 Å². The van der Waals surface area contributed by atoms with Crippen molar-refractivity contribution < 1.29 is 27.4 Å². The lowest BCUT2D eigenvalue weighted by Crippen LogP contribution is -2.39. The fourth-order valence-corrected chi connectivity index (χ4v) is 4.40. The molecule has 0 atom stereocenters. The monoisotopic (exact) mass is 484 g/mol. The Hall–Kier alpha value is -4.12.